The minimum atomic E-state index is -3.32. The van der Waals surface area contributed by atoms with Gasteiger partial charge in [-0.25, -0.2) is 8.42 Å². The van der Waals surface area contributed by atoms with E-state index in [9.17, 15) is 13.2 Å². The molecule has 0 saturated carbocycles. The van der Waals surface area contributed by atoms with E-state index < -0.39 is 16.1 Å². The Labute approximate surface area is 132 Å². The van der Waals surface area contributed by atoms with Crippen LogP contribution in [0.3, 0.4) is 0 Å². The highest BCUT2D eigenvalue weighted by molar-refractivity contribution is 7.92. The Morgan fingerprint density at radius 1 is 1.32 bits per heavy atom. The van der Waals surface area contributed by atoms with Gasteiger partial charge in [0.2, 0.25) is 15.9 Å². The Morgan fingerprint density at radius 3 is 2.45 bits per heavy atom. The smallest absolute Gasteiger partial charge is 0.241 e. The Morgan fingerprint density at radius 2 is 1.95 bits per heavy atom. The molecule has 6 nitrogen and oxygen atoms in total. The summed E-state index contributed by atoms with van der Waals surface area (Å²) in [5.41, 5.74) is 7.72. The molecular formula is C15H25N3O3S. The van der Waals surface area contributed by atoms with E-state index in [0.29, 0.717) is 11.4 Å². The maximum atomic E-state index is 12.0. The lowest BCUT2D eigenvalue weighted by atomic mass is 9.99. The second-order valence-electron chi connectivity index (χ2n) is 5.44. The number of hydrogen-bond acceptors (Lipinski definition) is 4. The van der Waals surface area contributed by atoms with E-state index in [2.05, 4.69) is 10.0 Å². The monoisotopic (exact) mass is 327 g/mol. The molecule has 0 aliphatic heterocycles. The van der Waals surface area contributed by atoms with Gasteiger partial charge in [-0.15, -0.1) is 0 Å². The molecular weight excluding hydrogens is 302 g/mol. The Balaban J connectivity index is 2.84. The van der Waals surface area contributed by atoms with E-state index >= 15 is 0 Å². The third kappa shape index (κ3) is 4.99. The Bertz CT molecular complexity index is 629. The molecule has 4 N–H and O–H groups in total. The minimum absolute atomic E-state index is 0.00862. The van der Waals surface area contributed by atoms with Crippen LogP contribution in [-0.2, 0) is 14.8 Å². The van der Waals surface area contributed by atoms with Crippen molar-refractivity contribution >= 4 is 27.3 Å². The fraction of sp³-hybridized carbons (Fsp3) is 0.533. The van der Waals surface area contributed by atoms with Crippen LogP contribution < -0.4 is 15.8 Å². The molecule has 2 unspecified atom stereocenters. The van der Waals surface area contributed by atoms with E-state index in [1.54, 1.807) is 32.0 Å². The van der Waals surface area contributed by atoms with E-state index in [1.807, 2.05) is 13.8 Å². The maximum Gasteiger partial charge on any atom is 0.241 e. The van der Waals surface area contributed by atoms with Crippen LogP contribution in [0.2, 0.25) is 0 Å². The van der Waals surface area contributed by atoms with Gasteiger partial charge < -0.3 is 11.1 Å². The zero-order valence-electron chi connectivity index (χ0n) is 13.5. The third-order valence-electron chi connectivity index (χ3n) is 3.70. The second kappa shape index (κ2) is 7.60. The van der Waals surface area contributed by atoms with Gasteiger partial charge in [0, 0.05) is 5.69 Å². The molecule has 7 heteroatoms. The molecule has 124 valence electrons. The zero-order valence-corrected chi connectivity index (χ0v) is 14.3. The normalized spacial score (nSPS) is 14.2. The number of rotatable bonds is 7. The first-order valence-corrected chi connectivity index (χ1v) is 9.03. The van der Waals surface area contributed by atoms with Crippen molar-refractivity contribution in [3.05, 3.63) is 23.8 Å². The van der Waals surface area contributed by atoms with Gasteiger partial charge in [-0.1, -0.05) is 20.3 Å². The fourth-order valence-corrected chi connectivity index (χ4v) is 2.54. The summed E-state index contributed by atoms with van der Waals surface area (Å²) in [4.78, 5) is 12.0. The molecule has 0 heterocycles. The SMILES string of the molecule is CCC(C)C(N)C(=O)Nc1ccc(NS(=O)(=O)CC)c(C)c1. The van der Waals surface area contributed by atoms with Crippen molar-refractivity contribution in [2.75, 3.05) is 15.8 Å². The molecule has 0 aliphatic rings. The van der Waals surface area contributed by atoms with E-state index in [1.165, 1.54) is 0 Å². The van der Waals surface area contributed by atoms with Crippen molar-refractivity contribution in [3.8, 4) is 0 Å². The first-order valence-electron chi connectivity index (χ1n) is 7.37. The number of hydrogen-bond donors (Lipinski definition) is 3. The zero-order chi connectivity index (χ0) is 16.9. The highest BCUT2D eigenvalue weighted by Crippen LogP contribution is 2.21. The molecule has 0 bridgehead atoms. The number of carbonyl (C=O) groups is 1. The van der Waals surface area contributed by atoms with Crippen LogP contribution in [0, 0.1) is 12.8 Å². The van der Waals surface area contributed by atoms with Gasteiger partial charge in [0.05, 0.1) is 17.5 Å². The van der Waals surface area contributed by atoms with Crippen molar-refractivity contribution in [2.45, 2.75) is 40.2 Å². The Kier molecular flexibility index (Phi) is 6.37. The molecule has 1 aromatic rings. The van der Waals surface area contributed by atoms with Crippen LogP contribution in [0.1, 0.15) is 32.8 Å². The molecule has 0 radical (unpaired) electrons. The topological polar surface area (TPSA) is 101 Å². The van der Waals surface area contributed by atoms with E-state index in [-0.39, 0.29) is 17.6 Å². The van der Waals surface area contributed by atoms with Crippen molar-refractivity contribution in [2.24, 2.45) is 11.7 Å². The first-order chi connectivity index (χ1) is 10.2. The summed E-state index contributed by atoms with van der Waals surface area (Å²) in [7, 11) is -3.32. The van der Waals surface area contributed by atoms with Crippen LogP contribution in [0.4, 0.5) is 11.4 Å². The molecule has 2 atom stereocenters. The van der Waals surface area contributed by atoms with Gasteiger partial charge in [0.1, 0.15) is 0 Å². The summed E-state index contributed by atoms with van der Waals surface area (Å²) in [6.45, 7) is 7.26. The molecule has 0 spiro atoms. The molecule has 1 aromatic carbocycles. The van der Waals surface area contributed by atoms with E-state index in [0.717, 1.165) is 12.0 Å². The van der Waals surface area contributed by atoms with Gasteiger partial charge in [-0.3, -0.25) is 9.52 Å². The molecule has 1 amide bonds. The Hall–Kier alpha value is -1.60. The summed E-state index contributed by atoms with van der Waals surface area (Å²) >= 11 is 0. The molecule has 22 heavy (non-hydrogen) atoms. The minimum Gasteiger partial charge on any atom is -0.325 e. The number of nitrogens with two attached hydrogens (primary N) is 1. The fourth-order valence-electron chi connectivity index (χ4n) is 1.83. The lowest BCUT2D eigenvalue weighted by molar-refractivity contribution is -0.118. The number of carbonyl (C=O) groups excluding carboxylic acids is 1. The quantitative estimate of drug-likeness (QED) is 0.713. The van der Waals surface area contributed by atoms with Gasteiger partial charge >= 0.3 is 0 Å². The second-order valence-corrected chi connectivity index (χ2v) is 7.45. The highest BCUT2D eigenvalue weighted by atomic mass is 32.2. The van der Waals surface area contributed by atoms with Gasteiger partial charge in [-0.05, 0) is 43.5 Å². The molecule has 1 rings (SSSR count). The lowest BCUT2D eigenvalue weighted by Crippen LogP contribution is -2.40. The maximum absolute atomic E-state index is 12.0. The van der Waals surface area contributed by atoms with Crippen LogP contribution in [0.15, 0.2) is 18.2 Å². The number of aryl methyl sites for hydroxylation is 1. The summed E-state index contributed by atoms with van der Waals surface area (Å²) in [6.07, 6.45) is 0.825. The van der Waals surface area contributed by atoms with Gasteiger partial charge in [-0.2, -0.15) is 0 Å². The number of anilines is 2. The lowest BCUT2D eigenvalue weighted by Gasteiger charge is -2.18. The molecule has 0 aliphatic carbocycles. The van der Waals surface area contributed by atoms with Gasteiger partial charge in [0.15, 0.2) is 0 Å². The first kappa shape index (κ1) is 18.4. The molecule has 0 aromatic heterocycles. The van der Waals surface area contributed by atoms with Crippen molar-refractivity contribution in [1.82, 2.24) is 0 Å². The number of nitrogens with one attached hydrogen (secondary N) is 2. The average Bonchev–Trinajstić information content (AvgIpc) is 2.48. The largest absolute Gasteiger partial charge is 0.325 e. The molecule has 0 fully saturated rings. The van der Waals surface area contributed by atoms with Crippen LogP contribution >= 0.6 is 0 Å². The summed E-state index contributed by atoms with van der Waals surface area (Å²) in [5.74, 6) is -0.137. The van der Waals surface area contributed by atoms with Crippen LogP contribution in [0.25, 0.3) is 0 Å². The highest BCUT2D eigenvalue weighted by Gasteiger charge is 2.19. The van der Waals surface area contributed by atoms with Crippen LogP contribution in [-0.4, -0.2) is 26.1 Å². The van der Waals surface area contributed by atoms with Crippen LogP contribution in [0.5, 0.6) is 0 Å². The predicted octanol–water partition coefficient (Wildman–Crippen LogP) is 2.07. The summed E-state index contributed by atoms with van der Waals surface area (Å²) in [6, 6.07) is 4.44. The standard InChI is InChI=1S/C15H25N3O3S/c1-5-10(3)14(16)15(19)17-12-7-8-13(11(4)9-12)18-22(20,21)6-2/h7-10,14,18H,5-6,16H2,1-4H3,(H,17,19). The number of benzene rings is 1. The van der Waals surface area contributed by atoms with Crippen molar-refractivity contribution in [1.29, 1.82) is 0 Å². The summed E-state index contributed by atoms with van der Waals surface area (Å²) < 4.78 is 25.7. The predicted molar refractivity (Wildman–Crippen MR) is 90.3 cm³/mol. The number of amides is 1. The third-order valence-corrected chi connectivity index (χ3v) is 4.99. The van der Waals surface area contributed by atoms with Crippen molar-refractivity contribution < 1.29 is 13.2 Å². The average molecular weight is 327 g/mol. The number of sulfonamides is 1. The molecule has 0 saturated heterocycles. The van der Waals surface area contributed by atoms with E-state index in [4.69, 9.17) is 5.73 Å². The van der Waals surface area contributed by atoms with Crippen molar-refractivity contribution in [3.63, 3.8) is 0 Å². The van der Waals surface area contributed by atoms with Gasteiger partial charge in [0.25, 0.3) is 0 Å². The summed E-state index contributed by atoms with van der Waals surface area (Å²) in [5, 5.41) is 2.76.